The van der Waals surface area contributed by atoms with Crippen LogP contribution in [0.5, 0.6) is 23.0 Å². The zero-order chi connectivity index (χ0) is 50.1. The van der Waals surface area contributed by atoms with Gasteiger partial charge in [-0.1, -0.05) is 180 Å². The van der Waals surface area contributed by atoms with Crippen LogP contribution in [0.4, 0.5) is 0 Å². The molecule has 4 N–H and O–H groups in total. The van der Waals surface area contributed by atoms with E-state index in [1.165, 1.54) is 77.0 Å². The third-order valence-electron chi connectivity index (χ3n) is 17.7. The van der Waals surface area contributed by atoms with Gasteiger partial charge in [0.1, 0.15) is 23.0 Å². The molecule has 4 aromatic carbocycles. The number of phenols is 4. The van der Waals surface area contributed by atoms with Crippen molar-refractivity contribution in [2.45, 2.75) is 258 Å². The lowest BCUT2D eigenvalue weighted by Gasteiger charge is -2.37. The van der Waals surface area contributed by atoms with Crippen molar-refractivity contribution in [3.8, 4) is 23.0 Å². The van der Waals surface area contributed by atoms with Gasteiger partial charge in [0, 0.05) is 68.2 Å². The van der Waals surface area contributed by atoms with Crippen molar-refractivity contribution in [1.82, 2.24) is 0 Å². The lowest BCUT2D eigenvalue weighted by atomic mass is 9.71. The average Bonchev–Trinajstić information content (AvgIpc) is 3.35. The van der Waals surface area contributed by atoms with Crippen molar-refractivity contribution >= 4 is 0 Å². The molecule has 0 fully saturated rings. The summed E-state index contributed by atoms with van der Waals surface area (Å²) < 4.78 is 26.6. The monoisotopic (exact) mass is 985 g/mol. The van der Waals surface area contributed by atoms with E-state index in [0.29, 0.717) is 0 Å². The first-order valence-electron chi connectivity index (χ1n) is 29.1. The molecule has 0 amide bonds. The van der Waals surface area contributed by atoms with Gasteiger partial charge in [0.25, 0.3) is 0 Å². The fourth-order valence-electron chi connectivity index (χ4n) is 13.6. The Morgan fingerprint density at radius 2 is 0.444 bits per heavy atom. The highest BCUT2D eigenvalue weighted by Crippen LogP contribution is 2.54. The lowest BCUT2D eigenvalue weighted by molar-refractivity contribution is 0.0887. The Kier molecular flexibility index (Phi) is 18.3. The van der Waals surface area contributed by atoms with E-state index in [0.717, 1.165) is 166 Å². The molecule has 5 aliphatic rings. The summed E-state index contributed by atoms with van der Waals surface area (Å²) in [5.41, 5.74) is 15.1. The van der Waals surface area contributed by atoms with Gasteiger partial charge >= 0.3 is 0 Å². The summed E-state index contributed by atoms with van der Waals surface area (Å²) >= 11 is 0. The summed E-state index contributed by atoms with van der Waals surface area (Å²) in [6.07, 6.45) is 26.2. The second-order valence-electron chi connectivity index (χ2n) is 22.4. The molecule has 8 nitrogen and oxygen atoms in total. The highest BCUT2D eigenvalue weighted by molar-refractivity contribution is 5.65. The predicted octanol–water partition coefficient (Wildman–Crippen LogP) is 16.9. The molecule has 392 valence electrons. The van der Waals surface area contributed by atoms with E-state index in [1.807, 2.05) is 0 Å². The van der Waals surface area contributed by atoms with E-state index in [2.05, 4.69) is 52.0 Å². The van der Waals surface area contributed by atoms with E-state index in [-0.39, 0.29) is 99.5 Å². The second kappa shape index (κ2) is 25.0. The van der Waals surface area contributed by atoms with Gasteiger partial charge in [0.05, 0.1) is 52.9 Å². The molecule has 8 heteroatoms. The fourth-order valence-corrected chi connectivity index (χ4v) is 13.6. The second-order valence-corrected chi connectivity index (χ2v) is 22.4. The first-order valence-corrected chi connectivity index (χ1v) is 29.1. The van der Waals surface area contributed by atoms with Crippen LogP contribution >= 0.6 is 0 Å². The number of hydrogen-bond donors (Lipinski definition) is 4. The predicted molar refractivity (Wildman–Crippen MR) is 287 cm³/mol. The molecule has 72 heavy (non-hydrogen) atoms. The maximum Gasteiger partial charge on any atom is 0.127 e. The Labute approximate surface area is 432 Å². The Balaban J connectivity index is 1.37. The summed E-state index contributed by atoms with van der Waals surface area (Å²) in [4.78, 5) is 0. The molecule has 0 unspecified atom stereocenters. The number of ether oxygens (including phenoxy) is 4. The van der Waals surface area contributed by atoms with Crippen LogP contribution in [-0.2, 0) is 71.8 Å². The molecule has 0 atom stereocenters. The SMILES string of the molecule is CCCCCCCC1c2cc3c4c(O)c2COCc2c1cc1c(c2O)COCc2c(cc5c(c2O)COCc2c(cc(c(c2O)COC4)C3CCCCCCC)C5CCCCCCC)C1CCCCCCC. The van der Waals surface area contributed by atoms with E-state index in [1.54, 1.807) is 0 Å². The molecule has 0 radical (unpaired) electrons. The molecule has 9 rings (SSSR count). The van der Waals surface area contributed by atoms with Crippen molar-refractivity contribution in [1.29, 1.82) is 0 Å². The maximum absolute atomic E-state index is 12.9. The van der Waals surface area contributed by atoms with Crippen molar-refractivity contribution in [2.24, 2.45) is 0 Å². The van der Waals surface area contributed by atoms with Crippen LogP contribution in [0.25, 0.3) is 0 Å². The molecule has 4 aromatic rings. The molecule has 8 bridgehead atoms. The van der Waals surface area contributed by atoms with Gasteiger partial charge in [-0.2, -0.15) is 0 Å². The first kappa shape index (κ1) is 52.8. The summed E-state index contributed by atoms with van der Waals surface area (Å²) in [5.74, 6) is 0.594. The van der Waals surface area contributed by atoms with Crippen molar-refractivity contribution < 1.29 is 39.4 Å². The fraction of sp³-hybridized carbons (Fsp3) is 0.625. The zero-order valence-corrected chi connectivity index (χ0v) is 44.7. The minimum atomic E-state index is -0.120. The van der Waals surface area contributed by atoms with Gasteiger partial charge in [-0.15, -0.1) is 0 Å². The number of benzene rings is 4. The Hall–Kier alpha value is -4.08. The van der Waals surface area contributed by atoms with Crippen molar-refractivity contribution in [3.63, 3.8) is 0 Å². The summed E-state index contributed by atoms with van der Waals surface area (Å²) in [6, 6.07) is 9.67. The molecular weight excluding hydrogens is 897 g/mol. The first-order chi connectivity index (χ1) is 35.3. The summed E-state index contributed by atoms with van der Waals surface area (Å²) in [7, 11) is 0. The molecule has 1 aliphatic carbocycles. The molecule has 0 saturated heterocycles. The summed E-state index contributed by atoms with van der Waals surface area (Å²) in [6.45, 7) is 10.8. The molecule has 0 aromatic heterocycles. The Bertz CT molecular complexity index is 2020. The third-order valence-corrected chi connectivity index (χ3v) is 17.7. The minimum Gasteiger partial charge on any atom is -0.507 e. The number of phenolic OH excluding ortho intramolecular Hbond substituents is 4. The minimum absolute atomic E-state index is 0.120. The maximum atomic E-state index is 12.9. The van der Waals surface area contributed by atoms with Crippen molar-refractivity contribution in [2.75, 3.05) is 0 Å². The number of aromatic hydroxyl groups is 4. The normalized spacial score (nSPS) is 19.7. The lowest BCUT2D eigenvalue weighted by Crippen LogP contribution is -2.22. The van der Waals surface area contributed by atoms with Gasteiger partial charge in [-0.05, 0) is 70.2 Å². The number of unbranched alkanes of at least 4 members (excludes halogenated alkanes) is 16. The van der Waals surface area contributed by atoms with E-state index < -0.39 is 0 Å². The number of rotatable bonds is 24. The summed E-state index contributed by atoms with van der Waals surface area (Å²) in [5, 5.41) is 51.7. The smallest absolute Gasteiger partial charge is 0.127 e. The van der Waals surface area contributed by atoms with Crippen molar-refractivity contribution in [3.05, 3.63) is 113 Å². The molecule has 0 spiro atoms. The van der Waals surface area contributed by atoms with Crippen LogP contribution in [0.2, 0.25) is 0 Å². The van der Waals surface area contributed by atoms with Crippen LogP contribution in [0.3, 0.4) is 0 Å². The average molecular weight is 985 g/mol. The third kappa shape index (κ3) is 10.9. The van der Waals surface area contributed by atoms with Crippen LogP contribution in [-0.4, -0.2) is 20.4 Å². The molecule has 0 saturated carbocycles. The topological polar surface area (TPSA) is 118 Å². The van der Waals surface area contributed by atoms with Crippen LogP contribution in [0, 0.1) is 0 Å². The standard InChI is InChI=1S/C64H88O8/c1-5-9-13-17-21-25-41-45-29-47-42(26-22-18-14-10-6-2)49-31-51-44(28-24-20-16-12-8-4)52-32-50-43(27-23-19-15-11-7-3)48-30-46(41)54-34-69-33-53(45)61(65)55(47)35-70-37-57(49)63(67)59(51)39-72-40-60(52)64(68)58(50)38-71-36-56(48)62(54)66/h29-32,41-44,65-68H,5-28,33-40H2,1-4H3. The van der Waals surface area contributed by atoms with E-state index >= 15 is 0 Å². The highest BCUT2D eigenvalue weighted by Gasteiger charge is 2.39. The molecule has 4 heterocycles. The van der Waals surface area contributed by atoms with Gasteiger partial charge in [0.15, 0.2) is 0 Å². The van der Waals surface area contributed by atoms with Gasteiger partial charge < -0.3 is 39.4 Å². The molecular formula is C64H88O8. The molecule has 4 aliphatic heterocycles. The zero-order valence-electron chi connectivity index (χ0n) is 44.7. The van der Waals surface area contributed by atoms with Gasteiger partial charge in [-0.3, -0.25) is 0 Å². The van der Waals surface area contributed by atoms with Crippen LogP contribution < -0.4 is 0 Å². The highest BCUT2D eigenvalue weighted by atomic mass is 16.5. The largest absolute Gasteiger partial charge is 0.507 e. The number of hydrogen-bond acceptors (Lipinski definition) is 8. The van der Waals surface area contributed by atoms with Crippen LogP contribution in [0.1, 0.15) is 294 Å². The Morgan fingerprint density at radius 1 is 0.278 bits per heavy atom. The van der Waals surface area contributed by atoms with Crippen LogP contribution in [0.15, 0.2) is 24.3 Å². The Morgan fingerprint density at radius 3 is 0.611 bits per heavy atom. The van der Waals surface area contributed by atoms with E-state index in [4.69, 9.17) is 18.9 Å². The quantitative estimate of drug-likeness (QED) is 0.0513. The van der Waals surface area contributed by atoms with E-state index in [9.17, 15) is 20.4 Å². The van der Waals surface area contributed by atoms with Gasteiger partial charge in [0.2, 0.25) is 0 Å². The van der Waals surface area contributed by atoms with Gasteiger partial charge in [-0.25, -0.2) is 0 Å².